The number of carbonyl (C=O) groups excluding carboxylic acids is 4. The first-order valence-electron chi connectivity index (χ1n) is 13.0. The van der Waals surface area contributed by atoms with Gasteiger partial charge >= 0.3 is 6.03 Å². The zero-order valence-electron chi connectivity index (χ0n) is 21.7. The number of likely N-dealkylation sites (tertiary alicyclic amines) is 1. The molecule has 3 aliphatic rings. The molecular formula is C28H26N6O6S. The highest BCUT2D eigenvalue weighted by atomic mass is 32.2. The number of benzene rings is 2. The minimum Gasteiger partial charge on any atom is -0.365 e. The van der Waals surface area contributed by atoms with Crippen LogP contribution < -0.4 is 20.9 Å². The second-order valence-corrected chi connectivity index (χ2v) is 12.3. The van der Waals surface area contributed by atoms with Gasteiger partial charge in [-0.1, -0.05) is 24.3 Å². The molecule has 2 unspecified atom stereocenters. The first-order valence-corrected chi connectivity index (χ1v) is 14.6. The van der Waals surface area contributed by atoms with Crippen LogP contribution in [0.5, 0.6) is 0 Å². The van der Waals surface area contributed by atoms with E-state index in [2.05, 4.69) is 20.9 Å². The Morgan fingerprint density at radius 2 is 1.73 bits per heavy atom. The van der Waals surface area contributed by atoms with Gasteiger partial charge in [0.05, 0.1) is 28.9 Å². The van der Waals surface area contributed by atoms with E-state index in [9.17, 15) is 27.6 Å². The van der Waals surface area contributed by atoms with Gasteiger partial charge in [-0.3, -0.25) is 24.7 Å². The van der Waals surface area contributed by atoms with E-state index in [1.807, 2.05) is 4.90 Å². The predicted molar refractivity (Wildman–Crippen MR) is 147 cm³/mol. The number of amides is 5. The molecule has 4 heterocycles. The van der Waals surface area contributed by atoms with Crippen molar-refractivity contribution >= 4 is 39.3 Å². The molecule has 210 valence electrons. The predicted octanol–water partition coefficient (Wildman–Crippen LogP) is 0.708. The van der Waals surface area contributed by atoms with Crippen molar-refractivity contribution in [2.45, 2.75) is 23.0 Å². The fourth-order valence-corrected chi connectivity index (χ4v) is 7.03. The van der Waals surface area contributed by atoms with Gasteiger partial charge in [0.2, 0.25) is 0 Å². The van der Waals surface area contributed by atoms with Crippen molar-refractivity contribution in [3.63, 3.8) is 0 Å². The fourth-order valence-electron chi connectivity index (χ4n) is 5.54. The average molecular weight is 575 g/mol. The SMILES string of the molecule is O=C1NC(=O)C2(CN(C(=O)c3ccncc3)CC2NC(=O)c2ccc(CN3CCS(=O)(=O)c4ccccc43)cc2)N1. The summed E-state index contributed by atoms with van der Waals surface area (Å²) in [6.45, 7) is 0.713. The van der Waals surface area contributed by atoms with E-state index in [4.69, 9.17) is 0 Å². The van der Waals surface area contributed by atoms with Crippen molar-refractivity contribution in [3.05, 3.63) is 89.7 Å². The Morgan fingerprint density at radius 1 is 1.00 bits per heavy atom. The molecule has 12 nitrogen and oxygen atoms in total. The Balaban J connectivity index is 1.18. The molecule has 0 bridgehead atoms. The summed E-state index contributed by atoms with van der Waals surface area (Å²) >= 11 is 0. The summed E-state index contributed by atoms with van der Waals surface area (Å²) in [6.07, 6.45) is 2.97. The van der Waals surface area contributed by atoms with Gasteiger partial charge in [0.15, 0.2) is 15.4 Å². The quantitative estimate of drug-likeness (QED) is 0.376. The first-order chi connectivity index (χ1) is 19.7. The van der Waals surface area contributed by atoms with Crippen LogP contribution >= 0.6 is 0 Å². The molecule has 1 aromatic heterocycles. The second-order valence-electron chi connectivity index (χ2n) is 10.2. The summed E-state index contributed by atoms with van der Waals surface area (Å²) in [4.78, 5) is 58.9. The highest BCUT2D eigenvalue weighted by Crippen LogP contribution is 2.31. The number of para-hydroxylation sites is 1. The molecule has 2 saturated heterocycles. The van der Waals surface area contributed by atoms with Gasteiger partial charge in [-0.15, -0.1) is 0 Å². The Hall–Kier alpha value is -4.78. The van der Waals surface area contributed by atoms with Crippen LogP contribution in [0.4, 0.5) is 10.5 Å². The van der Waals surface area contributed by atoms with Crippen LogP contribution in [0.15, 0.2) is 78.0 Å². The number of nitrogens with zero attached hydrogens (tertiary/aromatic N) is 3. The molecule has 3 N–H and O–H groups in total. The van der Waals surface area contributed by atoms with Crippen molar-refractivity contribution < 1.29 is 27.6 Å². The zero-order chi connectivity index (χ0) is 28.8. The molecule has 6 rings (SSSR count). The largest absolute Gasteiger partial charge is 0.365 e. The van der Waals surface area contributed by atoms with Crippen LogP contribution in [0, 0.1) is 0 Å². The van der Waals surface area contributed by atoms with Crippen LogP contribution in [0.25, 0.3) is 0 Å². The number of urea groups is 1. The van der Waals surface area contributed by atoms with Gasteiger partial charge < -0.3 is 20.4 Å². The smallest absolute Gasteiger partial charge is 0.322 e. The second kappa shape index (κ2) is 10.0. The molecule has 3 aliphatic heterocycles. The van der Waals surface area contributed by atoms with E-state index in [0.717, 1.165) is 5.56 Å². The van der Waals surface area contributed by atoms with Gasteiger partial charge in [-0.2, -0.15) is 0 Å². The third kappa shape index (κ3) is 4.78. The van der Waals surface area contributed by atoms with Crippen molar-refractivity contribution in [2.75, 3.05) is 30.3 Å². The number of anilines is 1. The molecular weight excluding hydrogens is 548 g/mol. The number of nitrogens with one attached hydrogen (secondary N) is 3. The minimum absolute atomic E-state index is 0.00988. The molecule has 0 saturated carbocycles. The monoisotopic (exact) mass is 574 g/mol. The minimum atomic E-state index is -3.32. The number of sulfone groups is 1. The van der Waals surface area contributed by atoms with Gasteiger partial charge in [-0.25, -0.2) is 13.2 Å². The molecule has 3 aromatic rings. The molecule has 0 aliphatic carbocycles. The van der Waals surface area contributed by atoms with Crippen LogP contribution in [0.3, 0.4) is 0 Å². The normalized spacial score (nSPS) is 22.7. The Bertz CT molecular complexity index is 1660. The van der Waals surface area contributed by atoms with Gasteiger partial charge in [0, 0.05) is 43.2 Å². The molecule has 0 radical (unpaired) electrons. The van der Waals surface area contributed by atoms with E-state index < -0.39 is 39.3 Å². The number of pyridine rings is 1. The number of rotatable bonds is 5. The summed E-state index contributed by atoms with van der Waals surface area (Å²) in [5.74, 6) is -1.41. The third-order valence-corrected chi connectivity index (χ3v) is 9.42. The Kier molecular flexibility index (Phi) is 6.45. The lowest BCUT2D eigenvalue weighted by atomic mass is 9.93. The van der Waals surface area contributed by atoms with E-state index in [-0.39, 0.29) is 24.7 Å². The maximum absolute atomic E-state index is 13.3. The molecule has 5 amide bonds. The number of imide groups is 1. The lowest BCUT2D eigenvalue weighted by molar-refractivity contribution is -0.124. The average Bonchev–Trinajstić information content (AvgIpc) is 3.48. The zero-order valence-corrected chi connectivity index (χ0v) is 22.6. The number of carbonyl (C=O) groups is 4. The van der Waals surface area contributed by atoms with Crippen LogP contribution in [0.2, 0.25) is 0 Å². The summed E-state index contributed by atoms with van der Waals surface area (Å²) in [5.41, 5.74) is 0.724. The molecule has 2 fully saturated rings. The third-order valence-electron chi connectivity index (χ3n) is 7.69. The Morgan fingerprint density at radius 3 is 2.44 bits per heavy atom. The summed E-state index contributed by atoms with van der Waals surface area (Å²) in [5, 5.41) is 7.68. The van der Waals surface area contributed by atoms with E-state index in [0.29, 0.717) is 34.8 Å². The number of fused-ring (bicyclic) bond motifs is 1. The Labute approximate surface area is 235 Å². The van der Waals surface area contributed by atoms with Crippen LogP contribution in [-0.2, 0) is 21.2 Å². The highest BCUT2D eigenvalue weighted by molar-refractivity contribution is 7.91. The lowest BCUT2D eigenvalue weighted by Gasteiger charge is -2.31. The highest BCUT2D eigenvalue weighted by Gasteiger charge is 2.58. The number of aromatic nitrogens is 1. The van der Waals surface area contributed by atoms with E-state index in [1.54, 1.807) is 60.7 Å². The van der Waals surface area contributed by atoms with Gasteiger partial charge in [0.25, 0.3) is 17.7 Å². The summed E-state index contributed by atoms with van der Waals surface area (Å²) < 4.78 is 24.9. The lowest BCUT2D eigenvalue weighted by Crippen LogP contribution is -2.62. The van der Waals surface area contributed by atoms with E-state index >= 15 is 0 Å². The van der Waals surface area contributed by atoms with Crippen molar-refractivity contribution in [2.24, 2.45) is 0 Å². The van der Waals surface area contributed by atoms with Crippen molar-refractivity contribution in [1.82, 2.24) is 25.8 Å². The van der Waals surface area contributed by atoms with Crippen LogP contribution in [-0.4, -0.2) is 79.0 Å². The van der Waals surface area contributed by atoms with Crippen molar-refractivity contribution in [1.29, 1.82) is 0 Å². The maximum Gasteiger partial charge on any atom is 0.322 e. The van der Waals surface area contributed by atoms with Crippen LogP contribution in [0.1, 0.15) is 26.3 Å². The molecule has 1 spiro atoms. The van der Waals surface area contributed by atoms with E-state index in [1.165, 1.54) is 17.3 Å². The molecule has 41 heavy (non-hydrogen) atoms. The summed E-state index contributed by atoms with van der Waals surface area (Å²) in [7, 11) is -3.32. The number of hydrogen-bond donors (Lipinski definition) is 3. The standard InChI is InChI=1S/C28H26N6O6S/c35-24(19-7-5-18(6-8-19)15-33-13-14-41(39,40)22-4-2-1-3-21(22)33)30-23-16-34(25(36)20-9-11-29-12-10-20)17-28(23)26(37)31-27(38)32-28/h1-12,23H,13-17H2,(H,30,35)(H2,31,32,37,38). The topological polar surface area (TPSA) is 158 Å². The van der Waals surface area contributed by atoms with Gasteiger partial charge in [-0.05, 0) is 42.0 Å². The van der Waals surface area contributed by atoms with Crippen molar-refractivity contribution in [3.8, 4) is 0 Å². The molecule has 13 heteroatoms. The molecule has 2 atom stereocenters. The first kappa shape index (κ1) is 26.4. The number of hydrogen-bond acceptors (Lipinski definition) is 8. The summed E-state index contributed by atoms with van der Waals surface area (Å²) in [6, 6.07) is 15.3. The van der Waals surface area contributed by atoms with Gasteiger partial charge in [0.1, 0.15) is 0 Å². The molecule has 2 aromatic carbocycles. The fraction of sp³-hybridized carbons (Fsp3) is 0.250. The maximum atomic E-state index is 13.3.